The second-order valence-corrected chi connectivity index (χ2v) is 7.27. The SMILES string of the molecule is NS(=O)(=O)c1cccc(NC(=O)Cn2nnc(-c3cccc(Cl)c3)n2)c1. The molecular weight excluding hydrogens is 380 g/mol. The van der Waals surface area contributed by atoms with Crippen molar-refractivity contribution in [3.05, 3.63) is 53.6 Å². The van der Waals surface area contributed by atoms with Crippen molar-refractivity contribution in [3.8, 4) is 11.4 Å². The molecule has 3 rings (SSSR count). The number of rotatable bonds is 5. The van der Waals surface area contributed by atoms with Gasteiger partial charge in [-0.2, -0.15) is 4.80 Å². The summed E-state index contributed by atoms with van der Waals surface area (Å²) in [4.78, 5) is 13.1. The van der Waals surface area contributed by atoms with Crippen molar-refractivity contribution in [2.75, 3.05) is 5.32 Å². The van der Waals surface area contributed by atoms with E-state index in [-0.39, 0.29) is 17.1 Å². The van der Waals surface area contributed by atoms with Gasteiger partial charge in [-0.25, -0.2) is 13.6 Å². The standard InChI is InChI=1S/C15H13ClN6O3S/c16-11-4-1-3-10(7-11)15-19-21-22(20-15)9-14(23)18-12-5-2-6-13(8-12)26(17,24)25/h1-8H,9H2,(H,18,23)(H2,17,24,25). The lowest BCUT2D eigenvalue weighted by atomic mass is 10.2. The molecule has 0 aliphatic carbocycles. The van der Waals surface area contributed by atoms with Crippen molar-refractivity contribution in [1.29, 1.82) is 0 Å². The van der Waals surface area contributed by atoms with Gasteiger partial charge in [-0.15, -0.1) is 10.2 Å². The van der Waals surface area contributed by atoms with Crippen LogP contribution < -0.4 is 10.5 Å². The van der Waals surface area contributed by atoms with Gasteiger partial charge in [0.1, 0.15) is 6.54 Å². The maximum Gasteiger partial charge on any atom is 0.248 e. The van der Waals surface area contributed by atoms with Gasteiger partial charge in [0.15, 0.2) is 0 Å². The Morgan fingerprint density at radius 1 is 1.19 bits per heavy atom. The second kappa shape index (κ2) is 7.20. The Morgan fingerprint density at radius 3 is 2.69 bits per heavy atom. The summed E-state index contributed by atoms with van der Waals surface area (Å²) in [6, 6.07) is 12.5. The first-order valence-electron chi connectivity index (χ1n) is 7.28. The monoisotopic (exact) mass is 392 g/mol. The summed E-state index contributed by atoms with van der Waals surface area (Å²) in [5, 5.41) is 20.0. The average molecular weight is 393 g/mol. The summed E-state index contributed by atoms with van der Waals surface area (Å²) in [6.07, 6.45) is 0. The van der Waals surface area contributed by atoms with E-state index >= 15 is 0 Å². The van der Waals surface area contributed by atoms with Crippen LogP contribution in [0.15, 0.2) is 53.4 Å². The molecule has 1 heterocycles. The highest BCUT2D eigenvalue weighted by Gasteiger charge is 2.12. The topological polar surface area (TPSA) is 133 Å². The average Bonchev–Trinajstić information content (AvgIpc) is 3.02. The Hall–Kier alpha value is -2.82. The van der Waals surface area contributed by atoms with E-state index < -0.39 is 15.9 Å². The smallest absolute Gasteiger partial charge is 0.248 e. The molecule has 0 fully saturated rings. The van der Waals surface area contributed by atoms with E-state index in [4.69, 9.17) is 16.7 Å². The van der Waals surface area contributed by atoms with Gasteiger partial charge in [0, 0.05) is 16.3 Å². The molecular formula is C15H13ClN6O3S. The lowest BCUT2D eigenvalue weighted by Crippen LogP contribution is -2.21. The Bertz CT molecular complexity index is 1070. The molecule has 134 valence electrons. The van der Waals surface area contributed by atoms with Crippen LogP contribution in [0.25, 0.3) is 11.4 Å². The molecule has 26 heavy (non-hydrogen) atoms. The fourth-order valence-corrected chi connectivity index (χ4v) is 2.88. The molecule has 1 aromatic heterocycles. The molecule has 0 spiro atoms. The van der Waals surface area contributed by atoms with Crippen LogP contribution in [0.3, 0.4) is 0 Å². The van der Waals surface area contributed by atoms with E-state index in [9.17, 15) is 13.2 Å². The van der Waals surface area contributed by atoms with Crippen LogP contribution in [-0.2, 0) is 21.4 Å². The summed E-state index contributed by atoms with van der Waals surface area (Å²) in [7, 11) is -3.85. The van der Waals surface area contributed by atoms with E-state index in [1.54, 1.807) is 30.3 Å². The van der Waals surface area contributed by atoms with Crippen molar-refractivity contribution in [1.82, 2.24) is 20.2 Å². The van der Waals surface area contributed by atoms with E-state index in [1.165, 1.54) is 18.2 Å². The third kappa shape index (κ3) is 4.42. The highest BCUT2D eigenvalue weighted by atomic mass is 35.5. The van der Waals surface area contributed by atoms with Crippen molar-refractivity contribution in [2.45, 2.75) is 11.4 Å². The zero-order valence-corrected chi connectivity index (χ0v) is 14.8. The number of anilines is 1. The molecule has 11 heteroatoms. The summed E-state index contributed by atoms with van der Waals surface area (Å²) >= 11 is 5.92. The number of benzene rings is 2. The Labute approximate surface area is 153 Å². The number of aromatic nitrogens is 4. The predicted molar refractivity (Wildman–Crippen MR) is 94.7 cm³/mol. The number of amides is 1. The van der Waals surface area contributed by atoms with E-state index in [1.807, 2.05) is 0 Å². The number of halogens is 1. The van der Waals surface area contributed by atoms with Gasteiger partial charge in [-0.1, -0.05) is 29.8 Å². The minimum Gasteiger partial charge on any atom is -0.324 e. The third-order valence-electron chi connectivity index (χ3n) is 3.27. The van der Waals surface area contributed by atoms with Crippen molar-refractivity contribution in [2.24, 2.45) is 5.14 Å². The lowest BCUT2D eigenvalue weighted by molar-refractivity contribution is -0.117. The largest absolute Gasteiger partial charge is 0.324 e. The van der Waals surface area contributed by atoms with Gasteiger partial charge < -0.3 is 5.32 Å². The Balaban J connectivity index is 1.70. The number of tetrazole rings is 1. The maximum absolute atomic E-state index is 12.1. The number of nitrogens with two attached hydrogens (primary N) is 1. The summed E-state index contributed by atoms with van der Waals surface area (Å²) in [5.41, 5.74) is 0.960. The Morgan fingerprint density at radius 2 is 1.96 bits per heavy atom. The number of hydrogen-bond donors (Lipinski definition) is 2. The van der Waals surface area contributed by atoms with Gasteiger partial charge in [0.05, 0.1) is 4.90 Å². The molecule has 0 saturated heterocycles. The van der Waals surface area contributed by atoms with Gasteiger partial charge >= 0.3 is 0 Å². The third-order valence-corrected chi connectivity index (χ3v) is 4.41. The van der Waals surface area contributed by atoms with Crippen LogP contribution in [0.5, 0.6) is 0 Å². The van der Waals surface area contributed by atoms with Crippen LogP contribution in [-0.4, -0.2) is 34.5 Å². The number of nitrogens with one attached hydrogen (secondary N) is 1. The molecule has 0 unspecified atom stereocenters. The molecule has 3 aromatic rings. The number of sulfonamides is 1. The molecule has 0 aliphatic heterocycles. The fraction of sp³-hybridized carbons (Fsp3) is 0.0667. The molecule has 0 aliphatic rings. The minimum absolute atomic E-state index is 0.0996. The van der Waals surface area contributed by atoms with E-state index in [0.29, 0.717) is 16.4 Å². The zero-order valence-electron chi connectivity index (χ0n) is 13.2. The molecule has 1 amide bonds. The van der Waals surface area contributed by atoms with Crippen LogP contribution in [0.2, 0.25) is 5.02 Å². The fourth-order valence-electron chi connectivity index (χ4n) is 2.13. The highest BCUT2D eigenvalue weighted by Crippen LogP contribution is 2.18. The van der Waals surface area contributed by atoms with Crippen LogP contribution in [0.4, 0.5) is 5.69 Å². The quantitative estimate of drug-likeness (QED) is 0.671. The summed E-state index contributed by atoms with van der Waals surface area (Å²) in [5.74, 6) is -0.122. The second-order valence-electron chi connectivity index (χ2n) is 5.27. The number of carbonyl (C=O) groups excluding carboxylic acids is 1. The zero-order chi connectivity index (χ0) is 18.7. The molecule has 0 atom stereocenters. The normalized spacial score (nSPS) is 11.3. The first-order chi connectivity index (χ1) is 12.3. The van der Waals surface area contributed by atoms with Crippen LogP contribution in [0.1, 0.15) is 0 Å². The number of nitrogens with zero attached hydrogens (tertiary/aromatic N) is 4. The van der Waals surface area contributed by atoms with Crippen molar-refractivity contribution >= 4 is 33.2 Å². The first-order valence-corrected chi connectivity index (χ1v) is 9.20. The number of hydrogen-bond acceptors (Lipinski definition) is 6. The minimum atomic E-state index is -3.85. The molecule has 9 nitrogen and oxygen atoms in total. The summed E-state index contributed by atoms with van der Waals surface area (Å²) in [6.45, 7) is -0.201. The first kappa shape index (κ1) is 18.0. The molecule has 3 N–H and O–H groups in total. The van der Waals surface area contributed by atoms with Gasteiger partial charge in [0.2, 0.25) is 21.8 Å². The number of primary sulfonamides is 1. The van der Waals surface area contributed by atoms with E-state index in [0.717, 1.165) is 4.80 Å². The van der Waals surface area contributed by atoms with Crippen molar-refractivity contribution in [3.63, 3.8) is 0 Å². The molecule has 2 aromatic carbocycles. The predicted octanol–water partition coefficient (Wildman–Crippen LogP) is 1.28. The highest BCUT2D eigenvalue weighted by molar-refractivity contribution is 7.89. The van der Waals surface area contributed by atoms with Crippen LogP contribution >= 0.6 is 11.6 Å². The van der Waals surface area contributed by atoms with Gasteiger partial charge in [0.25, 0.3) is 0 Å². The Kier molecular flexibility index (Phi) is 4.98. The van der Waals surface area contributed by atoms with Crippen molar-refractivity contribution < 1.29 is 13.2 Å². The van der Waals surface area contributed by atoms with Gasteiger partial charge in [-0.3, -0.25) is 4.79 Å². The molecule has 0 radical (unpaired) electrons. The van der Waals surface area contributed by atoms with E-state index in [2.05, 4.69) is 20.7 Å². The summed E-state index contributed by atoms with van der Waals surface area (Å²) < 4.78 is 22.7. The number of carbonyl (C=O) groups is 1. The molecule has 0 saturated carbocycles. The van der Waals surface area contributed by atoms with Crippen LogP contribution in [0, 0.1) is 0 Å². The molecule has 0 bridgehead atoms. The maximum atomic E-state index is 12.1. The lowest BCUT2D eigenvalue weighted by Gasteiger charge is -2.06. The van der Waals surface area contributed by atoms with Gasteiger partial charge in [-0.05, 0) is 35.5 Å².